The minimum absolute atomic E-state index is 0.0329. The van der Waals surface area contributed by atoms with Gasteiger partial charge in [0.1, 0.15) is 6.17 Å². The zero-order valence-electron chi connectivity index (χ0n) is 12.8. The van der Waals surface area contributed by atoms with Crippen molar-refractivity contribution in [1.29, 1.82) is 0 Å². The van der Waals surface area contributed by atoms with Crippen LogP contribution in [0.25, 0.3) is 0 Å². The van der Waals surface area contributed by atoms with Crippen molar-refractivity contribution in [2.24, 2.45) is 0 Å². The third-order valence-electron chi connectivity index (χ3n) is 4.41. The van der Waals surface area contributed by atoms with Crippen molar-refractivity contribution >= 4 is 11.6 Å². The average molecular weight is 309 g/mol. The maximum atomic E-state index is 13.0. The predicted molar refractivity (Wildman–Crippen MR) is 87.1 cm³/mol. The number of para-hydroxylation sites is 1. The second-order valence-corrected chi connectivity index (χ2v) is 5.94. The zero-order chi connectivity index (χ0) is 15.6. The van der Waals surface area contributed by atoms with Crippen LogP contribution >= 0.6 is 0 Å². The van der Waals surface area contributed by atoms with Gasteiger partial charge in [-0.15, -0.1) is 0 Å². The fourth-order valence-electron chi connectivity index (χ4n) is 3.26. The molecular formula is C18H19N3O2. The quantitative estimate of drug-likeness (QED) is 0.947. The first-order valence-electron chi connectivity index (χ1n) is 8.02. The minimum atomic E-state index is -0.261. The van der Waals surface area contributed by atoms with Crippen LogP contribution in [0.5, 0.6) is 0 Å². The van der Waals surface area contributed by atoms with Gasteiger partial charge in [-0.3, -0.25) is 9.78 Å². The van der Waals surface area contributed by atoms with Gasteiger partial charge < -0.3 is 15.0 Å². The smallest absolute Gasteiger partial charge is 0.257 e. The molecule has 0 unspecified atom stereocenters. The lowest BCUT2D eigenvalue weighted by Crippen LogP contribution is -2.46. The SMILES string of the molecule is O=C1c2ccccc2N[C@H](c2ccccn2)N1C[C@H]1CCCO1. The van der Waals surface area contributed by atoms with E-state index in [9.17, 15) is 4.79 Å². The van der Waals surface area contributed by atoms with Crippen LogP contribution in [0.1, 0.15) is 35.1 Å². The minimum Gasteiger partial charge on any atom is -0.376 e. The zero-order valence-corrected chi connectivity index (χ0v) is 12.8. The van der Waals surface area contributed by atoms with Gasteiger partial charge >= 0.3 is 0 Å². The molecular weight excluding hydrogens is 290 g/mol. The van der Waals surface area contributed by atoms with Gasteiger partial charge in [-0.05, 0) is 37.1 Å². The van der Waals surface area contributed by atoms with Crippen molar-refractivity contribution in [3.63, 3.8) is 0 Å². The van der Waals surface area contributed by atoms with Crippen LogP contribution < -0.4 is 5.32 Å². The topological polar surface area (TPSA) is 54.5 Å². The van der Waals surface area contributed by atoms with E-state index in [1.54, 1.807) is 6.20 Å². The molecule has 4 rings (SSSR count). The molecule has 0 bridgehead atoms. The molecule has 1 saturated heterocycles. The maximum absolute atomic E-state index is 13.0. The predicted octanol–water partition coefficient (Wildman–Crippen LogP) is 2.83. The van der Waals surface area contributed by atoms with E-state index in [-0.39, 0.29) is 18.2 Å². The number of carbonyl (C=O) groups is 1. The van der Waals surface area contributed by atoms with Gasteiger partial charge in [-0.2, -0.15) is 0 Å². The van der Waals surface area contributed by atoms with Crippen LogP contribution in [0.3, 0.4) is 0 Å². The summed E-state index contributed by atoms with van der Waals surface area (Å²) < 4.78 is 5.73. The summed E-state index contributed by atoms with van der Waals surface area (Å²) in [4.78, 5) is 19.3. The summed E-state index contributed by atoms with van der Waals surface area (Å²) in [6.45, 7) is 1.37. The molecule has 1 aromatic carbocycles. The van der Waals surface area contributed by atoms with Crippen LogP contribution in [-0.2, 0) is 4.74 Å². The maximum Gasteiger partial charge on any atom is 0.257 e. The number of fused-ring (bicyclic) bond motifs is 1. The second kappa shape index (κ2) is 6.01. The fraction of sp³-hybridized carbons (Fsp3) is 0.333. The van der Waals surface area contributed by atoms with Crippen molar-refractivity contribution in [1.82, 2.24) is 9.88 Å². The summed E-state index contributed by atoms with van der Waals surface area (Å²) in [7, 11) is 0. The van der Waals surface area contributed by atoms with E-state index in [0.717, 1.165) is 30.8 Å². The third kappa shape index (κ3) is 2.68. The number of anilines is 1. The molecule has 2 atom stereocenters. The number of carbonyl (C=O) groups excluding carboxylic acids is 1. The van der Waals surface area contributed by atoms with Gasteiger partial charge in [-0.1, -0.05) is 18.2 Å². The van der Waals surface area contributed by atoms with Gasteiger partial charge in [0.2, 0.25) is 0 Å². The van der Waals surface area contributed by atoms with Crippen LogP contribution in [0.15, 0.2) is 48.7 Å². The Morgan fingerprint density at radius 1 is 1.22 bits per heavy atom. The first-order chi connectivity index (χ1) is 11.3. The molecule has 2 aromatic rings. The lowest BCUT2D eigenvalue weighted by molar-refractivity contribution is 0.0422. The van der Waals surface area contributed by atoms with E-state index in [1.807, 2.05) is 47.4 Å². The molecule has 2 aliphatic rings. The Balaban J connectivity index is 1.70. The van der Waals surface area contributed by atoms with Gasteiger partial charge in [-0.25, -0.2) is 0 Å². The second-order valence-electron chi connectivity index (χ2n) is 5.94. The number of amides is 1. The molecule has 0 spiro atoms. The Bertz CT molecular complexity index is 698. The highest BCUT2D eigenvalue weighted by molar-refractivity contribution is 6.01. The highest BCUT2D eigenvalue weighted by Crippen LogP contribution is 2.33. The van der Waals surface area contributed by atoms with Crippen molar-refractivity contribution in [3.8, 4) is 0 Å². The lowest BCUT2D eigenvalue weighted by atomic mass is 10.0. The summed E-state index contributed by atoms with van der Waals surface area (Å²) in [5, 5.41) is 3.45. The largest absolute Gasteiger partial charge is 0.376 e. The Morgan fingerprint density at radius 2 is 2.09 bits per heavy atom. The van der Waals surface area contributed by atoms with E-state index in [2.05, 4.69) is 10.3 Å². The summed E-state index contributed by atoms with van der Waals surface area (Å²) in [6.07, 6.45) is 3.66. The van der Waals surface area contributed by atoms with E-state index in [1.165, 1.54) is 0 Å². The van der Waals surface area contributed by atoms with E-state index in [4.69, 9.17) is 4.74 Å². The molecule has 3 heterocycles. The molecule has 0 radical (unpaired) electrons. The summed E-state index contributed by atoms with van der Waals surface area (Å²) in [6, 6.07) is 13.4. The number of benzene rings is 1. The number of pyridine rings is 1. The first kappa shape index (κ1) is 14.2. The Labute approximate surface area is 135 Å². The van der Waals surface area contributed by atoms with Gasteiger partial charge in [0.25, 0.3) is 5.91 Å². The monoisotopic (exact) mass is 309 g/mol. The molecule has 23 heavy (non-hydrogen) atoms. The number of nitrogens with zero attached hydrogens (tertiary/aromatic N) is 2. The van der Waals surface area contributed by atoms with Gasteiger partial charge in [0.05, 0.1) is 17.4 Å². The highest BCUT2D eigenvalue weighted by Gasteiger charge is 2.35. The van der Waals surface area contributed by atoms with Crippen molar-refractivity contribution in [2.75, 3.05) is 18.5 Å². The van der Waals surface area contributed by atoms with E-state index < -0.39 is 0 Å². The van der Waals surface area contributed by atoms with Crippen LogP contribution in [0.2, 0.25) is 0 Å². The van der Waals surface area contributed by atoms with Crippen molar-refractivity contribution < 1.29 is 9.53 Å². The lowest BCUT2D eigenvalue weighted by Gasteiger charge is -2.38. The fourth-order valence-corrected chi connectivity index (χ4v) is 3.26. The molecule has 1 amide bonds. The highest BCUT2D eigenvalue weighted by atomic mass is 16.5. The molecule has 118 valence electrons. The van der Waals surface area contributed by atoms with Crippen LogP contribution in [0, 0.1) is 0 Å². The molecule has 1 aromatic heterocycles. The Kier molecular flexibility index (Phi) is 3.71. The van der Waals surface area contributed by atoms with Crippen LogP contribution in [-0.4, -0.2) is 35.0 Å². The normalized spacial score (nSPS) is 23.5. The molecule has 1 fully saturated rings. The molecule has 2 aliphatic heterocycles. The van der Waals surface area contributed by atoms with E-state index in [0.29, 0.717) is 12.1 Å². The number of hydrogen-bond donors (Lipinski definition) is 1. The van der Waals surface area contributed by atoms with E-state index >= 15 is 0 Å². The van der Waals surface area contributed by atoms with Crippen molar-refractivity contribution in [3.05, 3.63) is 59.9 Å². The standard InChI is InChI=1S/C18H19N3O2/c22-18-14-7-1-2-8-15(14)20-17(16-9-3-4-10-19-16)21(18)12-13-6-5-11-23-13/h1-4,7-10,13,17,20H,5-6,11-12H2/t13-,17+/m1/s1. The Morgan fingerprint density at radius 3 is 2.87 bits per heavy atom. The molecule has 5 heteroatoms. The first-order valence-corrected chi connectivity index (χ1v) is 8.02. The number of rotatable bonds is 3. The molecule has 5 nitrogen and oxygen atoms in total. The number of nitrogens with one attached hydrogen (secondary N) is 1. The van der Waals surface area contributed by atoms with Crippen molar-refractivity contribution in [2.45, 2.75) is 25.1 Å². The number of aromatic nitrogens is 1. The average Bonchev–Trinajstić information content (AvgIpc) is 3.11. The summed E-state index contributed by atoms with van der Waals surface area (Å²) in [5.74, 6) is 0.0329. The summed E-state index contributed by atoms with van der Waals surface area (Å²) in [5.41, 5.74) is 2.41. The van der Waals surface area contributed by atoms with Gasteiger partial charge in [0.15, 0.2) is 0 Å². The summed E-state index contributed by atoms with van der Waals surface area (Å²) >= 11 is 0. The Hall–Kier alpha value is -2.40. The number of hydrogen-bond acceptors (Lipinski definition) is 4. The third-order valence-corrected chi connectivity index (χ3v) is 4.41. The molecule has 1 N–H and O–H groups in total. The molecule has 0 saturated carbocycles. The van der Waals surface area contributed by atoms with Crippen LogP contribution in [0.4, 0.5) is 5.69 Å². The number of ether oxygens (including phenoxy) is 1. The van der Waals surface area contributed by atoms with Gasteiger partial charge in [0, 0.05) is 25.0 Å². The molecule has 0 aliphatic carbocycles.